The molecule has 0 aromatic heterocycles. The lowest BCUT2D eigenvalue weighted by Crippen LogP contribution is -2.40. The lowest BCUT2D eigenvalue weighted by atomic mass is 9.93. The van der Waals surface area contributed by atoms with Gasteiger partial charge in [0.25, 0.3) is 11.8 Å². The normalized spacial score (nSPS) is 13.1. The van der Waals surface area contributed by atoms with E-state index in [0.717, 1.165) is 12.8 Å². The first-order valence-corrected chi connectivity index (χ1v) is 12.3. The number of carbonyl (C=O) groups is 3. The minimum absolute atomic E-state index is 0.117. The standard InChI is InChI=1S/C21H24N2O5S2/c1-2-3-9-23-19(25)15-6-4-5-14-17(8-7-16(18(14)15)20(23)26)22-21(27)28-11-13-30-29-12-10-24/h4-8,24H,2-3,9-13H2,1H3,(H,22,27). The molecule has 7 nitrogen and oxygen atoms in total. The quantitative estimate of drug-likeness (QED) is 0.320. The van der Waals surface area contributed by atoms with Crippen LogP contribution in [0.3, 0.4) is 0 Å². The fraction of sp³-hybridized carbons (Fsp3) is 0.381. The van der Waals surface area contributed by atoms with Crippen molar-refractivity contribution in [2.45, 2.75) is 19.8 Å². The van der Waals surface area contributed by atoms with Gasteiger partial charge in [0, 0.05) is 39.9 Å². The van der Waals surface area contributed by atoms with Gasteiger partial charge in [0.05, 0.1) is 12.3 Å². The Kier molecular flexibility index (Phi) is 8.01. The number of imide groups is 1. The summed E-state index contributed by atoms with van der Waals surface area (Å²) in [5, 5.41) is 12.6. The van der Waals surface area contributed by atoms with E-state index in [2.05, 4.69) is 5.32 Å². The molecule has 0 radical (unpaired) electrons. The van der Waals surface area contributed by atoms with E-state index in [9.17, 15) is 14.4 Å². The van der Waals surface area contributed by atoms with Gasteiger partial charge in [-0.3, -0.25) is 19.8 Å². The van der Waals surface area contributed by atoms with E-state index >= 15 is 0 Å². The van der Waals surface area contributed by atoms with E-state index in [1.165, 1.54) is 26.5 Å². The molecule has 9 heteroatoms. The van der Waals surface area contributed by atoms with Crippen LogP contribution in [0.25, 0.3) is 10.8 Å². The first kappa shape index (κ1) is 22.5. The van der Waals surface area contributed by atoms with Gasteiger partial charge in [0.2, 0.25) is 0 Å². The zero-order valence-corrected chi connectivity index (χ0v) is 18.3. The minimum Gasteiger partial charge on any atom is -0.448 e. The van der Waals surface area contributed by atoms with Crippen molar-refractivity contribution >= 4 is 56.0 Å². The molecule has 1 aliphatic rings. The van der Waals surface area contributed by atoms with Crippen LogP contribution in [0, 0.1) is 0 Å². The number of rotatable bonds is 10. The Hall–Kier alpha value is -2.23. The van der Waals surface area contributed by atoms with Crippen LogP contribution in [0.5, 0.6) is 0 Å². The number of carbonyl (C=O) groups excluding carboxylic acids is 3. The number of aliphatic hydroxyl groups is 1. The Balaban J connectivity index is 1.76. The van der Waals surface area contributed by atoms with Gasteiger partial charge in [-0.05, 0) is 24.6 Å². The monoisotopic (exact) mass is 448 g/mol. The Morgan fingerprint density at radius 1 is 1.10 bits per heavy atom. The van der Waals surface area contributed by atoms with Crippen molar-refractivity contribution in [2.24, 2.45) is 0 Å². The first-order chi connectivity index (χ1) is 14.6. The molecule has 1 heterocycles. The molecule has 0 fully saturated rings. The molecule has 160 valence electrons. The third-order valence-electron chi connectivity index (χ3n) is 4.62. The number of nitrogens with zero attached hydrogens (tertiary/aromatic N) is 1. The number of hydrogen-bond acceptors (Lipinski definition) is 7. The van der Waals surface area contributed by atoms with Crippen molar-refractivity contribution in [1.82, 2.24) is 4.90 Å². The number of benzene rings is 2. The van der Waals surface area contributed by atoms with E-state index in [1.54, 1.807) is 30.3 Å². The highest BCUT2D eigenvalue weighted by Crippen LogP contribution is 2.34. The van der Waals surface area contributed by atoms with Crippen molar-refractivity contribution in [3.63, 3.8) is 0 Å². The van der Waals surface area contributed by atoms with Crippen molar-refractivity contribution in [1.29, 1.82) is 0 Å². The summed E-state index contributed by atoms with van der Waals surface area (Å²) in [6.45, 7) is 2.76. The number of nitrogens with one attached hydrogen (secondary N) is 1. The fourth-order valence-electron chi connectivity index (χ4n) is 3.24. The second-order valence-corrected chi connectivity index (χ2v) is 9.33. The molecular formula is C21H24N2O5S2. The summed E-state index contributed by atoms with van der Waals surface area (Å²) in [5.41, 5.74) is 1.42. The predicted octanol–water partition coefficient (Wildman–Crippen LogP) is 4.16. The molecular weight excluding hydrogens is 424 g/mol. The van der Waals surface area contributed by atoms with Gasteiger partial charge in [-0.1, -0.05) is 47.1 Å². The molecule has 3 rings (SSSR count). The van der Waals surface area contributed by atoms with Gasteiger partial charge in [-0.2, -0.15) is 0 Å². The first-order valence-electron chi connectivity index (χ1n) is 9.79. The summed E-state index contributed by atoms with van der Waals surface area (Å²) in [4.78, 5) is 39.2. The highest BCUT2D eigenvalue weighted by molar-refractivity contribution is 8.76. The highest BCUT2D eigenvalue weighted by atomic mass is 33.1. The molecule has 0 unspecified atom stereocenters. The van der Waals surface area contributed by atoms with Crippen LogP contribution in [-0.4, -0.2) is 59.2 Å². The second-order valence-electron chi connectivity index (χ2n) is 6.63. The van der Waals surface area contributed by atoms with Crippen molar-refractivity contribution in [3.8, 4) is 0 Å². The second kappa shape index (κ2) is 10.7. The SMILES string of the molecule is CCCCN1C(=O)c2cccc3c(NC(=O)OCCSSCCO)ccc(c23)C1=O. The van der Waals surface area contributed by atoms with Gasteiger partial charge in [-0.25, -0.2) is 4.79 Å². The van der Waals surface area contributed by atoms with Gasteiger partial charge in [0.15, 0.2) is 0 Å². The maximum absolute atomic E-state index is 12.9. The van der Waals surface area contributed by atoms with Crippen LogP contribution < -0.4 is 5.32 Å². The van der Waals surface area contributed by atoms with Crippen molar-refractivity contribution in [2.75, 3.05) is 36.6 Å². The number of ether oxygens (including phenoxy) is 1. The molecule has 0 saturated heterocycles. The van der Waals surface area contributed by atoms with Crippen LogP contribution >= 0.6 is 21.6 Å². The number of aliphatic hydroxyl groups excluding tert-OH is 1. The summed E-state index contributed by atoms with van der Waals surface area (Å²) in [7, 11) is 3.04. The molecule has 2 N–H and O–H groups in total. The molecule has 30 heavy (non-hydrogen) atoms. The third kappa shape index (κ3) is 4.91. The molecule has 0 bridgehead atoms. The van der Waals surface area contributed by atoms with E-state index in [0.29, 0.717) is 45.6 Å². The molecule has 2 aromatic rings. The lowest BCUT2D eigenvalue weighted by molar-refractivity contribution is 0.0608. The number of amides is 3. The van der Waals surface area contributed by atoms with Crippen molar-refractivity contribution in [3.05, 3.63) is 41.5 Å². The summed E-state index contributed by atoms with van der Waals surface area (Å²) in [5.74, 6) is 0.635. The van der Waals surface area contributed by atoms with Gasteiger partial charge >= 0.3 is 6.09 Å². The number of anilines is 1. The van der Waals surface area contributed by atoms with Crippen LogP contribution in [0.1, 0.15) is 40.5 Å². The van der Waals surface area contributed by atoms with Crippen LogP contribution in [-0.2, 0) is 4.74 Å². The van der Waals surface area contributed by atoms with Gasteiger partial charge < -0.3 is 9.84 Å². The predicted molar refractivity (Wildman–Crippen MR) is 121 cm³/mol. The molecule has 0 atom stereocenters. The molecule has 0 saturated carbocycles. The van der Waals surface area contributed by atoms with E-state index in [1.807, 2.05) is 6.92 Å². The number of unbranched alkanes of at least 4 members (excludes halogenated alkanes) is 1. The Bertz CT molecular complexity index is 928. The average molecular weight is 449 g/mol. The molecule has 1 aliphatic heterocycles. The van der Waals surface area contributed by atoms with Crippen molar-refractivity contribution < 1.29 is 24.2 Å². The summed E-state index contributed by atoms with van der Waals surface area (Å²) >= 11 is 0. The average Bonchev–Trinajstić information content (AvgIpc) is 2.75. The van der Waals surface area contributed by atoms with Gasteiger partial charge in [-0.15, -0.1) is 0 Å². The number of hydrogen-bond donors (Lipinski definition) is 2. The Morgan fingerprint density at radius 2 is 1.83 bits per heavy atom. The molecule has 2 aromatic carbocycles. The minimum atomic E-state index is -0.596. The highest BCUT2D eigenvalue weighted by Gasteiger charge is 2.32. The van der Waals surface area contributed by atoms with Crippen LogP contribution in [0.2, 0.25) is 0 Å². The zero-order chi connectivity index (χ0) is 21.5. The zero-order valence-electron chi connectivity index (χ0n) is 16.7. The third-order valence-corrected chi connectivity index (χ3v) is 6.97. The Labute approximate surface area is 182 Å². The Morgan fingerprint density at radius 3 is 2.57 bits per heavy atom. The summed E-state index contributed by atoms with van der Waals surface area (Å²) < 4.78 is 5.19. The van der Waals surface area contributed by atoms with Gasteiger partial charge in [0.1, 0.15) is 6.61 Å². The maximum Gasteiger partial charge on any atom is 0.411 e. The smallest absolute Gasteiger partial charge is 0.411 e. The molecule has 0 spiro atoms. The topological polar surface area (TPSA) is 95.9 Å². The molecule has 0 aliphatic carbocycles. The van der Waals surface area contributed by atoms with E-state index in [-0.39, 0.29) is 25.0 Å². The fourth-order valence-corrected chi connectivity index (χ4v) is 4.84. The maximum atomic E-state index is 12.9. The summed E-state index contributed by atoms with van der Waals surface area (Å²) in [6, 6.07) is 8.56. The van der Waals surface area contributed by atoms with E-state index < -0.39 is 6.09 Å². The van der Waals surface area contributed by atoms with Crippen LogP contribution in [0.15, 0.2) is 30.3 Å². The largest absolute Gasteiger partial charge is 0.448 e. The van der Waals surface area contributed by atoms with E-state index in [4.69, 9.17) is 9.84 Å². The lowest BCUT2D eigenvalue weighted by Gasteiger charge is -2.27. The van der Waals surface area contributed by atoms with Crippen LogP contribution in [0.4, 0.5) is 10.5 Å². The molecule has 3 amide bonds. The summed E-state index contributed by atoms with van der Waals surface area (Å²) in [6.07, 6.45) is 1.05.